The molecule has 86 valence electrons. The first kappa shape index (κ1) is 10.8. The number of aromatic nitrogens is 2. The number of hydrogen-bond acceptors (Lipinski definition) is 2. The molecule has 0 spiro atoms. The number of thiophene rings is 1. The molecule has 0 atom stereocenters. The molecule has 3 aromatic heterocycles. The van der Waals surface area contributed by atoms with Crippen LogP contribution >= 0.6 is 22.9 Å². The number of halogens is 1. The summed E-state index contributed by atoms with van der Waals surface area (Å²) in [5, 5.41) is 2.66. The average Bonchev–Trinajstić information content (AvgIpc) is 2.89. The Bertz CT molecular complexity index is 655. The van der Waals surface area contributed by atoms with Crippen molar-refractivity contribution < 1.29 is 0 Å². The highest BCUT2D eigenvalue weighted by Crippen LogP contribution is 2.22. The Morgan fingerprint density at radius 2 is 2.24 bits per heavy atom. The van der Waals surface area contributed by atoms with Gasteiger partial charge < -0.3 is 4.40 Å². The zero-order valence-corrected chi connectivity index (χ0v) is 10.9. The number of pyridine rings is 1. The summed E-state index contributed by atoms with van der Waals surface area (Å²) >= 11 is 7.89. The van der Waals surface area contributed by atoms with Gasteiger partial charge in [0.2, 0.25) is 0 Å². The SMILES string of the molecule is Cc1ccc2c(Cl)nc(Cc3cccs3)n2c1. The average molecular weight is 263 g/mol. The lowest BCUT2D eigenvalue weighted by Crippen LogP contribution is -1.95. The van der Waals surface area contributed by atoms with Gasteiger partial charge in [-0.25, -0.2) is 4.98 Å². The summed E-state index contributed by atoms with van der Waals surface area (Å²) in [6, 6.07) is 8.25. The number of fused-ring (bicyclic) bond motifs is 1. The van der Waals surface area contributed by atoms with E-state index in [4.69, 9.17) is 11.6 Å². The molecule has 17 heavy (non-hydrogen) atoms. The summed E-state index contributed by atoms with van der Waals surface area (Å²) in [6.07, 6.45) is 2.91. The number of rotatable bonds is 2. The van der Waals surface area contributed by atoms with Gasteiger partial charge in [-0.3, -0.25) is 0 Å². The molecule has 0 fully saturated rings. The third-order valence-corrected chi connectivity index (χ3v) is 3.88. The van der Waals surface area contributed by atoms with E-state index in [1.165, 1.54) is 10.4 Å². The predicted molar refractivity (Wildman–Crippen MR) is 72.1 cm³/mol. The Balaban J connectivity index is 2.13. The first-order chi connectivity index (χ1) is 8.24. The van der Waals surface area contributed by atoms with Crippen LogP contribution in [0.2, 0.25) is 5.15 Å². The molecule has 0 aromatic carbocycles. The second kappa shape index (κ2) is 4.17. The van der Waals surface area contributed by atoms with Crippen molar-refractivity contribution in [2.45, 2.75) is 13.3 Å². The van der Waals surface area contributed by atoms with E-state index >= 15 is 0 Å². The lowest BCUT2D eigenvalue weighted by molar-refractivity contribution is 0.967. The van der Waals surface area contributed by atoms with Gasteiger partial charge in [0.15, 0.2) is 5.15 Å². The van der Waals surface area contributed by atoms with Crippen LogP contribution in [0.15, 0.2) is 35.8 Å². The van der Waals surface area contributed by atoms with E-state index in [0.29, 0.717) is 5.15 Å². The minimum absolute atomic E-state index is 0.580. The lowest BCUT2D eigenvalue weighted by atomic mass is 10.3. The first-order valence-electron chi connectivity index (χ1n) is 5.39. The molecule has 0 N–H and O–H groups in total. The molecule has 3 aromatic rings. The Morgan fingerprint density at radius 3 is 3.00 bits per heavy atom. The van der Waals surface area contributed by atoms with Crippen LogP contribution in [0.1, 0.15) is 16.3 Å². The van der Waals surface area contributed by atoms with Crippen molar-refractivity contribution in [2.24, 2.45) is 0 Å². The van der Waals surface area contributed by atoms with Crippen LogP contribution in [0.3, 0.4) is 0 Å². The van der Waals surface area contributed by atoms with E-state index in [1.807, 2.05) is 6.07 Å². The Hall–Kier alpha value is -1.32. The Labute approximate surface area is 108 Å². The van der Waals surface area contributed by atoms with Crippen LogP contribution < -0.4 is 0 Å². The smallest absolute Gasteiger partial charge is 0.155 e. The fraction of sp³-hybridized carbons (Fsp3) is 0.154. The van der Waals surface area contributed by atoms with Gasteiger partial charge in [-0.1, -0.05) is 23.7 Å². The van der Waals surface area contributed by atoms with E-state index in [-0.39, 0.29) is 0 Å². The molecule has 0 amide bonds. The summed E-state index contributed by atoms with van der Waals surface area (Å²) in [5.74, 6) is 0.996. The molecular formula is C13H11ClN2S. The summed E-state index contributed by atoms with van der Waals surface area (Å²) in [6.45, 7) is 2.07. The lowest BCUT2D eigenvalue weighted by Gasteiger charge is -2.00. The predicted octanol–water partition coefficient (Wildman–Crippen LogP) is 3.95. The molecule has 0 unspecified atom stereocenters. The Kier molecular flexibility index (Phi) is 2.65. The highest BCUT2D eigenvalue weighted by molar-refractivity contribution is 7.09. The summed E-state index contributed by atoms with van der Waals surface area (Å²) < 4.78 is 2.08. The molecule has 0 radical (unpaired) electrons. The quantitative estimate of drug-likeness (QED) is 0.684. The minimum Gasteiger partial charge on any atom is -0.302 e. The molecule has 0 aliphatic rings. The highest BCUT2D eigenvalue weighted by Gasteiger charge is 2.10. The molecule has 3 rings (SSSR count). The second-order valence-corrected chi connectivity index (χ2v) is 5.43. The number of nitrogens with zero attached hydrogens (tertiary/aromatic N) is 2. The van der Waals surface area contributed by atoms with Gasteiger partial charge in [0.1, 0.15) is 5.82 Å². The van der Waals surface area contributed by atoms with Gasteiger partial charge in [-0.15, -0.1) is 11.3 Å². The summed E-state index contributed by atoms with van der Waals surface area (Å²) in [7, 11) is 0. The van der Waals surface area contributed by atoms with Crippen molar-refractivity contribution in [3.05, 3.63) is 57.3 Å². The molecule has 3 heterocycles. The zero-order chi connectivity index (χ0) is 11.8. The number of aryl methyl sites for hydroxylation is 1. The number of imidazole rings is 1. The van der Waals surface area contributed by atoms with E-state index < -0.39 is 0 Å². The molecule has 0 aliphatic heterocycles. The van der Waals surface area contributed by atoms with Gasteiger partial charge >= 0.3 is 0 Å². The van der Waals surface area contributed by atoms with Gasteiger partial charge in [0.25, 0.3) is 0 Å². The third kappa shape index (κ3) is 1.96. The van der Waals surface area contributed by atoms with Crippen molar-refractivity contribution in [1.29, 1.82) is 0 Å². The van der Waals surface area contributed by atoms with Crippen molar-refractivity contribution >= 4 is 28.5 Å². The van der Waals surface area contributed by atoms with E-state index in [2.05, 4.69) is 46.1 Å². The van der Waals surface area contributed by atoms with Gasteiger partial charge in [-0.2, -0.15) is 0 Å². The third-order valence-electron chi connectivity index (χ3n) is 2.73. The summed E-state index contributed by atoms with van der Waals surface area (Å²) in [5.41, 5.74) is 2.18. The van der Waals surface area contributed by atoms with Gasteiger partial charge in [0.05, 0.1) is 5.52 Å². The molecule has 0 saturated carbocycles. The maximum absolute atomic E-state index is 6.14. The van der Waals surface area contributed by atoms with E-state index in [0.717, 1.165) is 17.8 Å². The largest absolute Gasteiger partial charge is 0.302 e. The van der Waals surface area contributed by atoms with Crippen LogP contribution in [0.4, 0.5) is 0 Å². The first-order valence-corrected chi connectivity index (χ1v) is 6.65. The Morgan fingerprint density at radius 1 is 1.35 bits per heavy atom. The molecule has 0 saturated heterocycles. The van der Waals surface area contributed by atoms with Crippen molar-refractivity contribution in [2.75, 3.05) is 0 Å². The maximum atomic E-state index is 6.14. The van der Waals surface area contributed by atoms with Crippen LogP contribution in [0, 0.1) is 6.92 Å². The van der Waals surface area contributed by atoms with Crippen molar-refractivity contribution in [3.63, 3.8) is 0 Å². The standard InChI is InChI=1S/C13H11ClN2S/c1-9-4-5-11-13(14)15-12(16(11)8-9)7-10-3-2-6-17-10/h2-6,8H,7H2,1H3. The van der Waals surface area contributed by atoms with Crippen LogP contribution in [0.5, 0.6) is 0 Å². The van der Waals surface area contributed by atoms with Gasteiger partial charge in [0, 0.05) is 17.5 Å². The van der Waals surface area contributed by atoms with Crippen molar-refractivity contribution in [3.8, 4) is 0 Å². The van der Waals surface area contributed by atoms with E-state index in [1.54, 1.807) is 11.3 Å². The van der Waals surface area contributed by atoms with Crippen LogP contribution in [0.25, 0.3) is 5.52 Å². The zero-order valence-electron chi connectivity index (χ0n) is 9.35. The topological polar surface area (TPSA) is 17.3 Å². The fourth-order valence-corrected chi connectivity index (χ4v) is 2.86. The molecule has 0 aliphatic carbocycles. The van der Waals surface area contributed by atoms with Crippen LogP contribution in [-0.2, 0) is 6.42 Å². The monoisotopic (exact) mass is 262 g/mol. The normalized spacial score (nSPS) is 11.2. The van der Waals surface area contributed by atoms with Crippen molar-refractivity contribution in [1.82, 2.24) is 9.38 Å². The molecule has 2 nitrogen and oxygen atoms in total. The fourth-order valence-electron chi connectivity index (χ4n) is 1.91. The summed E-state index contributed by atoms with van der Waals surface area (Å²) in [4.78, 5) is 5.74. The second-order valence-electron chi connectivity index (χ2n) is 4.04. The molecule has 4 heteroatoms. The van der Waals surface area contributed by atoms with Crippen LogP contribution in [-0.4, -0.2) is 9.38 Å². The van der Waals surface area contributed by atoms with Gasteiger partial charge in [-0.05, 0) is 30.0 Å². The molecule has 0 bridgehead atoms. The highest BCUT2D eigenvalue weighted by atomic mass is 35.5. The van der Waals surface area contributed by atoms with E-state index in [9.17, 15) is 0 Å². The maximum Gasteiger partial charge on any atom is 0.155 e. The molecular weight excluding hydrogens is 252 g/mol. The minimum atomic E-state index is 0.580. The number of hydrogen-bond donors (Lipinski definition) is 0.